The quantitative estimate of drug-likeness (QED) is 0.913. The summed E-state index contributed by atoms with van der Waals surface area (Å²) in [5.74, 6) is 0. The van der Waals surface area contributed by atoms with Crippen molar-refractivity contribution in [2.45, 2.75) is 25.9 Å². The van der Waals surface area contributed by atoms with Crippen LogP contribution in [0.2, 0.25) is 0 Å². The number of hydrogen-bond donors (Lipinski definition) is 1. The van der Waals surface area contributed by atoms with Crippen molar-refractivity contribution >= 4 is 0 Å². The maximum atomic E-state index is 4.44. The molecule has 0 fully saturated rings. The van der Waals surface area contributed by atoms with Gasteiger partial charge in [0, 0.05) is 25.3 Å². The van der Waals surface area contributed by atoms with Crippen molar-refractivity contribution < 1.29 is 0 Å². The second-order valence-corrected chi connectivity index (χ2v) is 5.60. The van der Waals surface area contributed by atoms with Gasteiger partial charge in [0.15, 0.2) is 0 Å². The topological polar surface area (TPSA) is 28.2 Å². The summed E-state index contributed by atoms with van der Waals surface area (Å²) in [6, 6.07) is 15.4. The monoisotopic (exact) mass is 281 g/mol. The van der Waals surface area contributed by atoms with Crippen molar-refractivity contribution in [2.24, 2.45) is 0 Å². The van der Waals surface area contributed by atoms with E-state index >= 15 is 0 Å². The molecule has 0 saturated carbocycles. The van der Waals surface area contributed by atoms with Gasteiger partial charge in [0.2, 0.25) is 0 Å². The SMILES string of the molecule is CCN(Cc1ccccn1)CC1NCCc2ccccc21. The van der Waals surface area contributed by atoms with Crippen LogP contribution in [0.4, 0.5) is 0 Å². The molecule has 1 aliphatic heterocycles. The number of nitrogens with one attached hydrogen (secondary N) is 1. The molecule has 2 heterocycles. The molecule has 1 unspecified atom stereocenters. The van der Waals surface area contributed by atoms with Crippen molar-refractivity contribution in [3.63, 3.8) is 0 Å². The van der Waals surface area contributed by atoms with E-state index in [0.29, 0.717) is 6.04 Å². The second kappa shape index (κ2) is 6.83. The second-order valence-electron chi connectivity index (χ2n) is 5.60. The summed E-state index contributed by atoms with van der Waals surface area (Å²) in [5, 5.41) is 3.66. The van der Waals surface area contributed by atoms with Gasteiger partial charge in [-0.2, -0.15) is 0 Å². The van der Waals surface area contributed by atoms with Crippen LogP contribution in [-0.4, -0.2) is 29.5 Å². The van der Waals surface area contributed by atoms with Crippen LogP contribution >= 0.6 is 0 Å². The maximum absolute atomic E-state index is 4.44. The lowest BCUT2D eigenvalue weighted by Gasteiger charge is -2.31. The molecule has 2 aromatic rings. The number of aromatic nitrogens is 1. The molecule has 0 bridgehead atoms. The van der Waals surface area contributed by atoms with E-state index in [4.69, 9.17) is 0 Å². The average Bonchev–Trinajstić information content (AvgIpc) is 2.55. The lowest BCUT2D eigenvalue weighted by molar-refractivity contribution is 0.240. The predicted molar refractivity (Wildman–Crippen MR) is 86.1 cm³/mol. The van der Waals surface area contributed by atoms with E-state index in [-0.39, 0.29) is 0 Å². The first-order valence-electron chi connectivity index (χ1n) is 7.80. The van der Waals surface area contributed by atoms with Crippen LogP contribution in [0.15, 0.2) is 48.7 Å². The fourth-order valence-electron chi connectivity index (χ4n) is 3.04. The summed E-state index contributed by atoms with van der Waals surface area (Å²) in [4.78, 5) is 6.90. The van der Waals surface area contributed by atoms with Gasteiger partial charge in [-0.1, -0.05) is 37.3 Å². The minimum absolute atomic E-state index is 0.429. The highest BCUT2D eigenvalue weighted by Gasteiger charge is 2.21. The standard InChI is InChI=1S/C18H23N3/c1-2-21(13-16-8-5-6-11-19-16)14-18-17-9-4-3-7-15(17)10-12-20-18/h3-9,11,18,20H,2,10,12-14H2,1H3. The molecule has 3 nitrogen and oxygen atoms in total. The molecule has 0 saturated heterocycles. The Balaban J connectivity index is 1.70. The molecule has 1 N–H and O–H groups in total. The summed E-state index contributed by atoms with van der Waals surface area (Å²) in [6.45, 7) is 6.28. The molecule has 21 heavy (non-hydrogen) atoms. The first-order valence-corrected chi connectivity index (χ1v) is 7.80. The zero-order valence-corrected chi connectivity index (χ0v) is 12.6. The predicted octanol–water partition coefficient (Wildman–Crippen LogP) is 2.79. The first-order chi connectivity index (χ1) is 10.4. The minimum Gasteiger partial charge on any atom is -0.309 e. The van der Waals surface area contributed by atoms with E-state index in [1.807, 2.05) is 12.3 Å². The fourth-order valence-corrected chi connectivity index (χ4v) is 3.04. The summed E-state index contributed by atoms with van der Waals surface area (Å²) >= 11 is 0. The number of pyridine rings is 1. The van der Waals surface area contributed by atoms with E-state index in [9.17, 15) is 0 Å². The average molecular weight is 281 g/mol. The van der Waals surface area contributed by atoms with Crippen LogP contribution in [-0.2, 0) is 13.0 Å². The summed E-state index contributed by atoms with van der Waals surface area (Å²) < 4.78 is 0. The Morgan fingerprint density at radius 1 is 1.19 bits per heavy atom. The van der Waals surface area contributed by atoms with Crippen molar-refractivity contribution in [2.75, 3.05) is 19.6 Å². The molecular weight excluding hydrogens is 258 g/mol. The molecule has 3 rings (SSSR count). The summed E-state index contributed by atoms with van der Waals surface area (Å²) in [7, 11) is 0. The highest BCUT2D eigenvalue weighted by Crippen LogP contribution is 2.23. The molecule has 110 valence electrons. The Hall–Kier alpha value is -1.71. The number of nitrogens with zero attached hydrogens (tertiary/aromatic N) is 2. The van der Waals surface area contributed by atoms with Crippen LogP contribution in [0.3, 0.4) is 0 Å². The fraction of sp³-hybridized carbons (Fsp3) is 0.389. The van der Waals surface area contributed by atoms with Gasteiger partial charge in [-0.05, 0) is 42.8 Å². The molecule has 0 spiro atoms. The van der Waals surface area contributed by atoms with E-state index in [0.717, 1.165) is 38.3 Å². The highest BCUT2D eigenvalue weighted by atomic mass is 15.2. The van der Waals surface area contributed by atoms with Gasteiger partial charge in [0.1, 0.15) is 0 Å². The lowest BCUT2D eigenvalue weighted by atomic mass is 9.94. The van der Waals surface area contributed by atoms with Crippen molar-refractivity contribution in [1.29, 1.82) is 0 Å². The number of fused-ring (bicyclic) bond motifs is 1. The van der Waals surface area contributed by atoms with Gasteiger partial charge in [-0.25, -0.2) is 0 Å². The molecule has 1 aliphatic rings. The normalized spacial score (nSPS) is 17.7. The Kier molecular flexibility index (Phi) is 4.63. The molecule has 1 aromatic heterocycles. The smallest absolute Gasteiger partial charge is 0.0543 e. The van der Waals surface area contributed by atoms with Crippen LogP contribution in [0.25, 0.3) is 0 Å². The Labute approximate surface area is 127 Å². The van der Waals surface area contributed by atoms with Crippen molar-refractivity contribution in [3.8, 4) is 0 Å². The molecule has 1 aromatic carbocycles. The molecule has 3 heteroatoms. The third-order valence-electron chi connectivity index (χ3n) is 4.22. The van der Waals surface area contributed by atoms with Gasteiger partial charge >= 0.3 is 0 Å². The lowest BCUT2D eigenvalue weighted by Crippen LogP contribution is -2.38. The maximum Gasteiger partial charge on any atom is 0.0543 e. The van der Waals surface area contributed by atoms with Crippen LogP contribution in [0.5, 0.6) is 0 Å². The largest absolute Gasteiger partial charge is 0.309 e. The van der Waals surface area contributed by atoms with Crippen LogP contribution < -0.4 is 5.32 Å². The third-order valence-corrected chi connectivity index (χ3v) is 4.22. The van der Waals surface area contributed by atoms with Gasteiger partial charge in [-0.15, -0.1) is 0 Å². The Bertz CT molecular complexity index is 568. The molecular formula is C18H23N3. The molecule has 0 radical (unpaired) electrons. The number of rotatable bonds is 5. The number of hydrogen-bond acceptors (Lipinski definition) is 3. The minimum atomic E-state index is 0.429. The van der Waals surface area contributed by atoms with Gasteiger partial charge < -0.3 is 5.32 Å². The highest BCUT2D eigenvalue weighted by molar-refractivity contribution is 5.32. The Morgan fingerprint density at radius 3 is 2.86 bits per heavy atom. The number of likely N-dealkylation sites (N-methyl/N-ethyl adjacent to an activating group) is 1. The molecule has 0 amide bonds. The van der Waals surface area contributed by atoms with Crippen molar-refractivity contribution in [3.05, 3.63) is 65.5 Å². The van der Waals surface area contributed by atoms with Crippen LogP contribution in [0.1, 0.15) is 29.8 Å². The van der Waals surface area contributed by atoms with Gasteiger partial charge in [0.25, 0.3) is 0 Å². The summed E-state index contributed by atoms with van der Waals surface area (Å²) in [5.41, 5.74) is 4.10. The number of benzene rings is 1. The first kappa shape index (κ1) is 14.2. The zero-order valence-electron chi connectivity index (χ0n) is 12.6. The third kappa shape index (κ3) is 3.49. The molecule has 1 atom stereocenters. The van der Waals surface area contributed by atoms with Crippen molar-refractivity contribution in [1.82, 2.24) is 15.2 Å². The summed E-state index contributed by atoms with van der Waals surface area (Å²) in [6.07, 6.45) is 3.01. The van der Waals surface area contributed by atoms with E-state index in [1.54, 1.807) is 0 Å². The van der Waals surface area contributed by atoms with Gasteiger partial charge in [-0.3, -0.25) is 9.88 Å². The molecule has 0 aliphatic carbocycles. The van der Waals surface area contributed by atoms with E-state index in [1.165, 1.54) is 11.1 Å². The van der Waals surface area contributed by atoms with E-state index in [2.05, 4.69) is 58.5 Å². The van der Waals surface area contributed by atoms with Crippen LogP contribution in [0, 0.1) is 0 Å². The zero-order chi connectivity index (χ0) is 14.5. The van der Waals surface area contributed by atoms with Gasteiger partial charge in [0.05, 0.1) is 5.69 Å². The van der Waals surface area contributed by atoms with E-state index < -0.39 is 0 Å². The Morgan fingerprint density at radius 2 is 2.05 bits per heavy atom.